The molecule has 1 aromatic heterocycles. The Hall–Kier alpha value is -0.960. The molecule has 0 fully saturated rings. The van der Waals surface area contributed by atoms with Gasteiger partial charge in [0.2, 0.25) is 0 Å². The topological polar surface area (TPSA) is 110 Å². The normalized spacial score (nSPS) is 12.9. The van der Waals surface area contributed by atoms with Crippen LogP contribution in [0, 0.1) is 6.92 Å². The van der Waals surface area contributed by atoms with Crippen molar-refractivity contribution in [3.8, 4) is 0 Å². The summed E-state index contributed by atoms with van der Waals surface area (Å²) in [5, 5.41) is 6.37. The van der Waals surface area contributed by atoms with Gasteiger partial charge in [-0.15, -0.1) is 0 Å². The van der Waals surface area contributed by atoms with Crippen molar-refractivity contribution in [1.82, 2.24) is 14.9 Å². The van der Waals surface area contributed by atoms with E-state index in [4.69, 9.17) is 10.5 Å². The highest BCUT2D eigenvalue weighted by molar-refractivity contribution is 7.89. The van der Waals surface area contributed by atoms with Gasteiger partial charge in [-0.3, -0.25) is 5.10 Å². The lowest BCUT2D eigenvalue weighted by molar-refractivity contribution is 0.0276. The number of aromatic nitrogens is 2. The quantitative estimate of drug-likeness (QED) is 0.671. The van der Waals surface area contributed by atoms with Crippen molar-refractivity contribution in [2.45, 2.75) is 37.9 Å². The van der Waals surface area contributed by atoms with Crippen LogP contribution in [-0.2, 0) is 21.3 Å². The molecule has 18 heavy (non-hydrogen) atoms. The molecular weight excluding hydrogens is 256 g/mol. The van der Waals surface area contributed by atoms with E-state index in [1.165, 1.54) is 7.11 Å². The van der Waals surface area contributed by atoms with E-state index in [1.807, 2.05) is 0 Å². The monoisotopic (exact) mass is 276 g/mol. The van der Waals surface area contributed by atoms with Crippen LogP contribution in [0.15, 0.2) is 5.03 Å². The van der Waals surface area contributed by atoms with Gasteiger partial charge in [-0.2, -0.15) is 5.10 Å². The molecule has 1 aromatic rings. The van der Waals surface area contributed by atoms with Crippen LogP contribution in [0.25, 0.3) is 0 Å². The van der Waals surface area contributed by atoms with Crippen molar-refractivity contribution in [3.63, 3.8) is 0 Å². The van der Waals surface area contributed by atoms with E-state index in [2.05, 4.69) is 14.9 Å². The van der Waals surface area contributed by atoms with E-state index in [1.54, 1.807) is 20.8 Å². The highest BCUT2D eigenvalue weighted by Crippen LogP contribution is 2.16. The summed E-state index contributed by atoms with van der Waals surface area (Å²) in [4.78, 5) is 0. The fraction of sp³-hybridized carbons (Fsp3) is 0.700. The number of ether oxygens (including phenoxy) is 1. The second-order valence-electron chi connectivity index (χ2n) is 4.62. The van der Waals surface area contributed by atoms with Crippen LogP contribution < -0.4 is 10.5 Å². The van der Waals surface area contributed by atoms with E-state index in [0.717, 1.165) is 0 Å². The van der Waals surface area contributed by atoms with Crippen molar-refractivity contribution in [3.05, 3.63) is 11.3 Å². The maximum absolute atomic E-state index is 12.1. The van der Waals surface area contributed by atoms with E-state index < -0.39 is 15.6 Å². The first-order chi connectivity index (χ1) is 8.23. The molecular formula is C10H20N4O3S. The predicted octanol–water partition coefficient (Wildman–Crippen LogP) is -0.120. The maximum atomic E-state index is 12.1. The van der Waals surface area contributed by atoms with Gasteiger partial charge in [-0.25, -0.2) is 13.1 Å². The molecule has 7 nitrogen and oxygen atoms in total. The molecule has 0 saturated heterocycles. The molecule has 0 radical (unpaired) electrons. The lowest BCUT2D eigenvalue weighted by Crippen LogP contribution is -2.40. The molecule has 4 N–H and O–H groups in total. The number of sulfonamides is 1. The Morgan fingerprint density at radius 3 is 2.61 bits per heavy atom. The van der Waals surface area contributed by atoms with Gasteiger partial charge in [0.25, 0.3) is 10.0 Å². The second kappa shape index (κ2) is 5.35. The number of hydrogen-bond donors (Lipinski definition) is 3. The predicted molar refractivity (Wildman–Crippen MR) is 67.5 cm³/mol. The fourth-order valence-electron chi connectivity index (χ4n) is 1.30. The Morgan fingerprint density at radius 2 is 2.11 bits per heavy atom. The Morgan fingerprint density at radius 1 is 1.50 bits per heavy atom. The molecule has 0 spiro atoms. The van der Waals surface area contributed by atoms with Gasteiger partial charge in [0.05, 0.1) is 5.60 Å². The van der Waals surface area contributed by atoms with Gasteiger partial charge in [0.15, 0.2) is 5.03 Å². The number of rotatable bonds is 6. The highest BCUT2D eigenvalue weighted by atomic mass is 32.2. The largest absolute Gasteiger partial charge is 0.377 e. The van der Waals surface area contributed by atoms with Gasteiger partial charge in [-0.1, -0.05) is 0 Å². The lowest BCUT2D eigenvalue weighted by Gasteiger charge is -2.22. The molecule has 0 aromatic carbocycles. The Kier molecular flexibility index (Phi) is 4.49. The number of aromatic amines is 1. The van der Waals surface area contributed by atoms with E-state index >= 15 is 0 Å². The van der Waals surface area contributed by atoms with Gasteiger partial charge in [0.1, 0.15) is 0 Å². The van der Waals surface area contributed by atoms with Crippen LogP contribution in [-0.4, -0.2) is 37.9 Å². The Bertz CT molecular complexity index is 507. The molecule has 1 rings (SSSR count). The fourth-order valence-corrected chi connectivity index (χ4v) is 2.70. The number of nitrogens with two attached hydrogens (primary N) is 1. The summed E-state index contributed by atoms with van der Waals surface area (Å²) in [6.45, 7) is 5.58. The summed E-state index contributed by atoms with van der Waals surface area (Å²) in [6, 6.07) is 0. The summed E-state index contributed by atoms with van der Waals surface area (Å²) in [6.07, 6.45) is 0. The molecule has 0 unspecified atom stereocenters. The maximum Gasteiger partial charge on any atom is 0.260 e. The van der Waals surface area contributed by atoms with Crippen molar-refractivity contribution >= 4 is 10.0 Å². The molecule has 0 bridgehead atoms. The third kappa shape index (κ3) is 3.29. The zero-order valence-electron chi connectivity index (χ0n) is 11.1. The smallest absolute Gasteiger partial charge is 0.260 e. The minimum absolute atomic E-state index is 0.0468. The molecule has 8 heteroatoms. The number of aryl methyl sites for hydroxylation is 1. The number of hydrogen-bond acceptors (Lipinski definition) is 5. The minimum atomic E-state index is -3.68. The van der Waals surface area contributed by atoms with E-state index in [0.29, 0.717) is 11.3 Å². The molecule has 0 atom stereocenters. The SMILES string of the molecule is COC(C)(C)CNS(=O)(=O)c1n[nH]c(C)c1CN. The van der Waals surface area contributed by atoms with Crippen LogP contribution in [0.5, 0.6) is 0 Å². The minimum Gasteiger partial charge on any atom is -0.377 e. The summed E-state index contributed by atoms with van der Waals surface area (Å²) in [5.74, 6) is 0. The van der Waals surface area contributed by atoms with E-state index in [-0.39, 0.29) is 18.1 Å². The molecule has 1 heterocycles. The second-order valence-corrected chi connectivity index (χ2v) is 6.31. The first-order valence-corrected chi connectivity index (χ1v) is 7.00. The van der Waals surface area contributed by atoms with Crippen LogP contribution >= 0.6 is 0 Å². The standard InChI is InChI=1S/C10H20N4O3S/c1-7-8(5-11)9(14-13-7)18(15,16)12-6-10(2,3)17-4/h12H,5-6,11H2,1-4H3,(H,13,14). The first kappa shape index (κ1) is 15.1. The summed E-state index contributed by atoms with van der Waals surface area (Å²) < 4.78 is 31.8. The average Bonchev–Trinajstić information content (AvgIpc) is 2.69. The number of nitrogens with zero attached hydrogens (tertiary/aromatic N) is 1. The van der Waals surface area contributed by atoms with Crippen molar-refractivity contribution < 1.29 is 13.2 Å². The summed E-state index contributed by atoms with van der Waals surface area (Å²) in [5.41, 5.74) is 6.10. The van der Waals surface area contributed by atoms with Crippen molar-refractivity contribution in [2.24, 2.45) is 5.73 Å². The molecule has 0 aliphatic heterocycles. The van der Waals surface area contributed by atoms with Crippen LogP contribution in [0.3, 0.4) is 0 Å². The van der Waals surface area contributed by atoms with Crippen LogP contribution in [0.1, 0.15) is 25.1 Å². The molecule has 104 valence electrons. The number of methoxy groups -OCH3 is 1. The average molecular weight is 276 g/mol. The van der Waals surface area contributed by atoms with Gasteiger partial charge >= 0.3 is 0 Å². The molecule has 0 saturated carbocycles. The Labute approximate surface area is 107 Å². The van der Waals surface area contributed by atoms with Crippen molar-refractivity contribution in [2.75, 3.05) is 13.7 Å². The molecule has 0 aliphatic rings. The summed E-state index contributed by atoms with van der Waals surface area (Å²) >= 11 is 0. The summed E-state index contributed by atoms with van der Waals surface area (Å²) in [7, 11) is -2.15. The third-order valence-electron chi connectivity index (χ3n) is 2.74. The Balaban J connectivity index is 2.94. The number of nitrogens with one attached hydrogen (secondary N) is 2. The third-order valence-corrected chi connectivity index (χ3v) is 4.11. The van der Waals surface area contributed by atoms with Gasteiger partial charge < -0.3 is 10.5 Å². The van der Waals surface area contributed by atoms with Gasteiger partial charge in [-0.05, 0) is 20.8 Å². The lowest BCUT2D eigenvalue weighted by atomic mass is 10.1. The zero-order valence-corrected chi connectivity index (χ0v) is 11.9. The van der Waals surface area contributed by atoms with Gasteiger partial charge in [0, 0.05) is 31.5 Å². The first-order valence-electron chi connectivity index (χ1n) is 5.52. The zero-order chi connectivity index (χ0) is 14.0. The van der Waals surface area contributed by atoms with Crippen LogP contribution in [0.2, 0.25) is 0 Å². The van der Waals surface area contributed by atoms with Crippen molar-refractivity contribution in [1.29, 1.82) is 0 Å². The highest BCUT2D eigenvalue weighted by Gasteiger charge is 2.26. The van der Waals surface area contributed by atoms with Crippen LogP contribution in [0.4, 0.5) is 0 Å². The molecule has 0 amide bonds. The number of H-pyrrole nitrogens is 1. The molecule has 0 aliphatic carbocycles. The van der Waals surface area contributed by atoms with E-state index in [9.17, 15) is 8.42 Å².